The molecule has 0 unspecified atom stereocenters. The average molecular weight is 378 g/mol. The average Bonchev–Trinajstić information content (AvgIpc) is 2.96. The molecule has 2 heterocycles. The molecule has 8 nitrogen and oxygen atoms in total. The van der Waals surface area contributed by atoms with Crippen LogP contribution >= 0.6 is 11.3 Å². The van der Waals surface area contributed by atoms with Crippen molar-refractivity contribution in [3.05, 3.63) is 45.0 Å². The molecule has 1 N–H and O–H groups in total. The van der Waals surface area contributed by atoms with Crippen molar-refractivity contribution in [3.63, 3.8) is 0 Å². The fourth-order valence-corrected chi connectivity index (χ4v) is 3.09. The number of hydrogen-bond acceptors (Lipinski definition) is 7. The molecule has 0 aliphatic carbocycles. The Morgan fingerprint density at radius 2 is 2.12 bits per heavy atom. The minimum absolute atomic E-state index is 0.211. The molecule has 138 valence electrons. The summed E-state index contributed by atoms with van der Waals surface area (Å²) in [6.07, 6.45) is -0.323. The molecule has 1 amide bonds. The molecule has 0 saturated carbocycles. The summed E-state index contributed by atoms with van der Waals surface area (Å²) in [7, 11) is 0. The number of amides is 1. The molecular formula is C17H18N2O6S. The van der Waals surface area contributed by atoms with Gasteiger partial charge in [0.1, 0.15) is 19.3 Å². The van der Waals surface area contributed by atoms with E-state index < -0.39 is 18.5 Å². The van der Waals surface area contributed by atoms with Gasteiger partial charge in [-0.1, -0.05) is 23.5 Å². The second kappa shape index (κ2) is 8.05. The molecule has 2 aromatic rings. The lowest BCUT2D eigenvalue weighted by Crippen LogP contribution is -2.42. The molecule has 0 radical (unpaired) electrons. The summed E-state index contributed by atoms with van der Waals surface area (Å²) in [6.45, 7) is 1.65. The number of para-hydroxylation sites is 2. The molecule has 0 spiro atoms. The number of rotatable bonds is 6. The molecular weight excluding hydrogens is 360 g/mol. The van der Waals surface area contributed by atoms with E-state index >= 15 is 0 Å². The van der Waals surface area contributed by atoms with Crippen LogP contribution in [-0.4, -0.2) is 42.3 Å². The van der Waals surface area contributed by atoms with E-state index in [4.69, 9.17) is 14.2 Å². The monoisotopic (exact) mass is 378 g/mol. The van der Waals surface area contributed by atoms with Crippen molar-refractivity contribution in [1.82, 2.24) is 9.88 Å². The van der Waals surface area contributed by atoms with Crippen molar-refractivity contribution in [3.8, 4) is 11.5 Å². The first-order valence-electron chi connectivity index (χ1n) is 7.98. The van der Waals surface area contributed by atoms with E-state index in [-0.39, 0.29) is 24.1 Å². The largest absolute Gasteiger partial charge is 0.486 e. The molecule has 0 saturated heterocycles. The quantitative estimate of drug-likeness (QED) is 0.744. The lowest BCUT2D eigenvalue weighted by atomic mass is 10.2. The lowest BCUT2D eigenvalue weighted by molar-refractivity contribution is -0.149. The Hall–Kier alpha value is -2.81. The Bertz CT molecular complexity index is 859. The highest BCUT2D eigenvalue weighted by Crippen LogP contribution is 2.30. The fraction of sp³-hybridized carbons (Fsp3) is 0.353. The van der Waals surface area contributed by atoms with Crippen molar-refractivity contribution in [2.45, 2.75) is 19.6 Å². The van der Waals surface area contributed by atoms with Crippen LogP contribution in [0.15, 0.2) is 34.4 Å². The second-order valence-electron chi connectivity index (χ2n) is 5.69. The number of esters is 1. The zero-order valence-electron chi connectivity index (χ0n) is 14.1. The van der Waals surface area contributed by atoms with Crippen molar-refractivity contribution in [2.75, 3.05) is 19.8 Å². The number of ether oxygens (including phenoxy) is 3. The highest BCUT2D eigenvalue weighted by molar-refractivity contribution is 7.07. The van der Waals surface area contributed by atoms with Gasteiger partial charge in [-0.2, -0.15) is 0 Å². The maximum Gasteiger partial charge on any atom is 0.326 e. The maximum absolute atomic E-state index is 11.8. The third-order valence-corrected chi connectivity index (χ3v) is 4.60. The maximum atomic E-state index is 11.8. The Labute approximate surface area is 153 Å². The number of benzene rings is 1. The summed E-state index contributed by atoms with van der Waals surface area (Å²) in [4.78, 5) is 34.9. The summed E-state index contributed by atoms with van der Waals surface area (Å²) in [6, 6.07) is 7.29. The normalized spacial score (nSPS) is 15.3. The number of thiazole rings is 1. The SMILES string of the molecule is Cc1csc(=O)n1CC(=O)OCC(=O)NC[C@@H]1COc2ccccc2O1. The number of aryl methyl sites for hydroxylation is 1. The van der Waals surface area contributed by atoms with Crippen LogP contribution in [0.2, 0.25) is 0 Å². The van der Waals surface area contributed by atoms with Crippen molar-refractivity contribution in [2.24, 2.45) is 0 Å². The second-order valence-corrected chi connectivity index (χ2v) is 6.51. The first kappa shape index (κ1) is 18.0. The summed E-state index contributed by atoms with van der Waals surface area (Å²) < 4.78 is 17.5. The Morgan fingerprint density at radius 1 is 1.35 bits per heavy atom. The fourth-order valence-electron chi connectivity index (χ4n) is 2.36. The van der Waals surface area contributed by atoms with Crippen LogP contribution in [0, 0.1) is 6.92 Å². The molecule has 26 heavy (non-hydrogen) atoms. The van der Waals surface area contributed by atoms with Gasteiger partial charge in [-0.3, -0.25) is 19.0 Å². The summed E-state index contributed by atoms with van der Waals surface area (Å²) in [5, 5.41) is 4.29. The van der Waals surface area contributed by atoms with Gasteiger partial charge >= 0.3 is 10.8 Å². The van der Waals surface area contributed by atoms with Crippen LogP contribution in [0.25, 0.3) is 0 Å². The van der Waals surface area contributed by atoms with E-state index in [0.29, 0.717) is 23.8 Å². The molecule has 1 aromatic carbocycles. The van der Waals surface area contributed by atoms with Gasteiger partial charge in [-0.05, 0) is 19.1 Å². The van der Waals surface area contributed by atoms with E-state index in [1.165, 1.54) is 4.57 Å². The predicted octanol–water partition coefficient (Wildman–Crippen LogP) is 0.718. The van der Waals surface area contributed by atoms with Crippen molar-refractivity contribution in [1.29, 1.82) is 0 Å². The molecule has 1 atom stereocenters. The molecule has 3 rings (SSSR count). The highest BCUT2D eigenvalue weighted by atomic mass is 32.1. The van der Waals surface area contributed by atoms with Crippen LogP contribution in [0.1, 0.15) is 5.69 Å². The number of carbonyl (C=O) groups is 2. The third kappa shape index (κ3) is 4.42. The van der Waals surface area contributed by atoms with Crippen LogP contribution < -0.4 is 19.7 Å². The van der Waals surface area contributed by atoms with Crippen LogP contribution in [0.3, 0.4) is 0 Å². The third-order valence-electron chi connectivity index (χ3n) is 3.72. The van der Waals surface area contributed by atoms with E-state index in [1.807, 2.05) is 18.2 Å². The van der Waals surface area contributed by atoms with E-state index in [0.717, 1.165) is 11.3 Å². The van der Waals surface area contributed by atoms with Crippen LogP contribution in [0.5, 0.6) is 11.5 Å². The zero-order valence-corrected chi connectivity index (χ0v) is 14.9. The predicted molar refractivity (Wildman–Crippen MR) is 93.6 cm³/mol. The van der Waals surface area contributed by atoms with Crippen molar-refractivity contribution < 1.29 is 23.8 Å². The standard InChI is InChI=1S/C17H18N2O6S/c1-11-10-26-17(22)19(11)7-16(21)24-9-15(20)18-6-12-8-23-13-4-2-3-5-14(13)25-12/h2-5,10,12H,6-9H2,1H3,(H,18,20)/t12-/m1/s1. The number of carbonyl (C=O) groups excluding carboxylic acids is 2. The minimum atomic E-state index is -0.644. The van der Waals surface area contributed by atoms with Gasteiger partial charge in [0, 0.05) is 11.1 Å². The number of nitrogens with one attached hydrogen (secondary N) is 1. The number of aromatic nitrogens is 1. The minimum Gasteiger partial charge on any atom is -0.486 e. The lowest BCUT2D eigenvalue weighted by Gasteiger charge is -2.26. The number of fused-ring (bicyclic) bond motifs is 1. The summed E-state index contributed by atoms with van der Waals surface area (Å²) >= 11 is 1.01. The number of hydrogen-bond donors (Lipinski definition) is 1. The Balaban J connectivity index is 1.39. The van der Waals surface area contributed by atoms with Gasteiger partial charge in [-0.15, -0.1) is 0 Å². The summed E-state index contributed by atoms with van der Waals surface area (Å²) in [5.74, 6) is 0.203. The molecule has 1 aromatic heterocycles. The first-order chi connectivity index (χ1) is 12.5. The van der Waals surface area contributed by atoms with E-state index in [1.54, 1.807) is 18.4 Å². The van der Waals surface area contributed by atoms with Gasteiger partial charge in [0.25, 0.3) is 5.91 Å². The molecule has 0 bridgehead atoms. The van der Waals surface area contributed by atoms with Gasteiger partial charge in [0.15, 0.2) is 18.1 Å². The van der Waals surface area contributed by atoms with Crippen LogP contribution in [0.4, 0.5) is 0 Å². The van der Waals surface area contributed by atoms with Gasteiger partial charge in [-0.25, -0.2) is 0 Å². The van der Waals surface area contributed by atoms with Crippen LogP contribution in [-0.2, 0) is 20.9 Å². The number of nitrogens with zero attached hydrogens (tertiary/aromatic N) is 1. The topological polar surface area (TPSA) is 95.9 Å². The van der Waals surface area contributed by atoms with Gasteiger partial charge < -0.3 is 19.5 Å². The molecule has 9 heteroatoms. The first-order valence-corrected chi connectivity index (χ1v) is 8.86. The highest BCUT2D eigenvalue weighted by Gasteiger charge is 2.21. The summed E-state index contributed by atoms with van der Waals surface area (Å²) in [5.41, 5.74) is 0.677. The van der Waals surface area contributed by atoms with E-state index in [9.17, 15) is 14.4 Å². The molecule has 1 aliphatic rings. The smallest absolute Gasteiger partial charge is 0.326 e. The zero-order chi connectivity index (χ0) is 18.5. The molecule has 0 fully saturated rings. The van der Waals surface area contributed by atoms with E-state index in [2.05, 4.69) is 5.32 Å². The Morgan fingerprint density at radius 3 is 2.85 bits per heavy atom. The van der Waals surface area contributed by atoms with Gasteiger partial charge in [0.05, 0.1) is 6.54 Å². The van der Waals surface area contributed by atoms with Gasteiger partial charge in [0.2, 0.25) is 0 Å². The molecule has 1 aliphatic heterocycles. The Kier molecular flexibility index (Phi) is 5.57. The van der Waals surface area contributed by atoms with Crippen molar-refractivity contribution >= 4 is 23.2 Å².